The lowest BCUT2D eigenvalue weighted by Gasteiger charge is -2.11. The van der Waals surface area contributed by atoms with Gasteiger partial charge in [0.2, 0.25) is 0 Å². The third-order valence-corrected chi connectivity index (χ3v) is 3.13. The highest BCUT2D eigenvalue weighted by atomic mass is 32.1. The second-order valence-corrected chi connectivity index (χ2v) is 4.36. The first-order chi connectivity index (χ1) is 7.31. The zero-order valence-electron chi connectivity index (χ0n) is 8.60. The standard InChI is InChI=1S/C11H14N2OS/c1-8(6-7-14)12-11-9-4-2-3-5-10(9)13-15-11/h2-5,8,12,14H,6-7H2,1H3. The number of hydrogen-bond acceptors (Lipinski definition) is 4. The Bertz CT molecular complexity index is 441. The van der Waals surface area contributed by atoms with E-state index in [4.69, 9.17) is 5.11 Å². The van der Waals surface area contributed by atoms with Gasteiger partial charge in [-0.2, -0.15) is 4.37 Å². The van der Waals surface area contributed by atoms with Crippen molar-refractivity contribution >= 4 is 27.4 Å². The third-order valence-electron chi connectivity index (χ3n) is 2.32. The fourth-order valence-corrected chi connectivity index (χ4v) is 2.36. The van der Waals surface area contributed by atoms with Crippen LogP contribution in [0.15, 0.2) is 24.3 Å². The molecule has 1 atom stereocenters. The van der Waals surface area contributed by atoms with Crippen molar-refractivity contribution in [2.24, 2.45) is 0 Å². The number of nitrogens with one attached hydrogen (secondary N) is 1. The maximum Gasteiger partial charge on any atom is 0.117 e. The Morgan fingerprint density at radius 2 is 2.27 bits per heavy atom. The van der Waals surface area contributed by atoms with Crippen LogP contribution in [0.2, 0.25) is 0 Å². The van der Waals surface area contributed by atoms with Gasteiger partial charge in [0.05, 0.1) is 5.52 Å². The Morgan fingerprint density at radius 1 is 1.47 bits per heavy atom. The van der Waals surface area contributed by atoms with Crippen LogP contribution in [0.25, 0.3) is 10.9 Å². The molecule has 0 fully saturated rings. The fourth-order valence-electron chi connectivity index (χ4n) is 1.48. The molecular formula is C11H14N2OS. The third kappa shape index (κ3) is 2.27. The molecule has 0 aliphatic rings. The van der Waals surface area contributed by atoms with Crippen molar-refractivity contribution in [1.82, 2.24) is 4.37 Å². The van der Waals surface area contributed by atoms with Crippen molar-refractivity contribution in [3.05, 3.63) is 24.3 Å². The number of aromatic nitrogens is 1. The Hall–Kier alpha value is -1.13. The quantitative estimate of drug-likeness (QED) is 0.835. The van der Waals surface area contributed by atoms with Crippen LogP contribution in [0.5, 0.6) is 0 Å². The van der Waals surface area contributed by atoms with Gasteiger partial charge in [-0.05, 0) is 37.0 Å². The average molecular weight is 222 g/mol. The van der Waals surface area contributed by atoms with E-state index in [1.807, 2.05) is 18.2 Å². The first-order valence-corrected chi connectivity index (χ1v) is 5.80. The molecule has 2 N–H and O–H groups in total. The van der Waals surface area contributed by atoms with E-state index in [-0.39, 0.29) is 12.6 Å². The molecule has 2 rings (SSSR count). The lowest BCUT2D eigenvalue weighted by Crippen LogP contribution is -2.15. The van der Waals surface area contributed by atoms with Crippen molar-refractivity contribution in [3.8, 4) is 0 Å². The number of hydrogen-bond donors (Lipinski definition) is 2. The number of anilines is 1. The Morgan fingerprint density at radius 3 is 3.07 bits per heavy atom. The Kier molecular flexibility index (Phi) is 3.18. The zero-order chi connectivity index (χ0) is 10.7. The highest BCUT2D eigenvalue weighted by Gasteiger charge is 2.07. The second-order valence-electron chi connectivity index (χ2n) is 3.59. The highest BCUT2D eigenvalue weighted by Crippen LogP contribution is 2.27. The minimum atomic E-state index is 0.213. The van der Waals surface area contributed by atoms with Crippen molar-refractivity contribution in [1.29, 1.82) is 0 Å². The first kappa shape index (κ1) is 10.4. The summed E-state index contributed by atoms with van der Waals surface area (Å²) in [7, 11) is 0. The van der Waals surface area contributed by atoms with Crippen molar-refractivity contribution in [2.75, 3.05) is 11.9 Å². The summed E-state index contributed by atoms with van der Waals surface area (Å²) in [5.74, 6) is 0. The first-order valence-electron chi connectivity index (χ1n) is 5.03. The molecule has 0 amide bonds. The summed E-state index contributed by atoms with van der Waals surface area (Å²) in [4.78, 5) is 0. The highest BCUT2D eigenvalue weighted by molar-refractivity contribution is 7.11. The molecule has 0 aliphatic heterocycles. The predicted molar refractivity (Wildman–Crippen MR) is 64.4 cm³/mol. The molecule has 15 heavy (non-hydrogen) atoms. The van der Waals surface area contributed by atoms with E-state index in [1.54, 1.807) is 0 Å². The van der Waals surface area contributed by atoms with Crippen LogP contribution in [0.4, 0.5) is 5.00 Å². The minimum absolute atomic E-state index is 0.213. The molecule has 2 aromatic rings. The van der Waals surface area contributed by atoms with E-state index in [1.165, 1.54) is 11.5 Å². The van der Waals surface area contributed by atoms with Crippen LogP contribution in [0.1, 0.15) is 13.3 Å². The van der Waals surface area contributed by atoms with Gasteiger partial charge in [-0.15, -0.1) is 0 Å². The number of aliphatic hydroxyl groups is 1. The van der Waals surface area contributed by atoms with E-state index in [2.05, 4.69) is 22.7 Å². The topological polar surface area (TPSA) is 45.1 Å². The summed E-state index contributed by atoms with van der Waals surface area (Å²) in [6.07, 6.45) is 0.756. The normalized spacial score (nSPS) is 12.9. The molecular weight excluding hydrogens is 208 g/mol. The van der Waals surface area contributed by atoms with Crippen molar-refractivity contribution < 1.29 is 5.11 Å². The van der Waals surface area contributed by atoms with Gasteiger partial charge in [-0.1, -0.05) is 12.1 Å². The molecule has 0 bridgehead atoms. The van der Waals surface area contributed by atoms with E-state index in [0.717, 1.165) is 22.3 Å². The number of rotatable bonds is 4. The number of benzene rings is 1. The largest absolute Gasteiger partial charge is 0.396 e. The predicted octanol–water partition coefficient (Wildman–Crippen LogP) is 2.48. The van der Waals surface area contributed by atoms with Gasteiger partial charge in [0.15, 0.2) is 0 Å². The lowest BCUT2D eigenvalue weighted by molar-refractivity contribution is 0.282. The van der Waals surface area contributed by atoms with Crippen LogP contribution in [0.3, 0.4) is 0 Å². The summed E-state index contributed by atoms with van der Waals surface area (Å²) in [6, 6.07) is 8.35. The summed E-state index contributed by atoms with van der Waals surface area (Å²) < 4.78 is 4.35. The molecule has 1 heterocycles. The number of fused-ring (bicyclic) bond motifs is 1. The molecule has 3 nitrogen and oxygen atoms in total. The zero-order valence-corrected chi connectivity index (χ0v) is 9.42. The monoisotopic (exact) mass is 222 g/mol. The van der Waals surface area contributed by atoms with Crippen LogP contribution in [-0.2, 0) is 0 Å². The minimum Gasteiger partial charge on any atom is -0.396 e. The summed E-state index contributed by atoms with van der Waals surface area (Å²) in [5, 5.41) is 14.4. The molecule has 0 spiro atoms. The molecule has 0 aliphatic carbocycles. The van der Waals surface area contributed by atoms with Crippen molar-refractivity contribution in [2.45, 2.75) is 19.4 Å². The molecule has 80 valence electrons. The number of nitrogens with zero attached hydrogens (tertiary/aromatic N) is 1. The van der Waals surface area contributed by atoms with Crippen LogP contribution in [0, 0.1) is 0 Å². The van der Waals surface area contributed by atoms with Crippen LogP contribution >= 0.6 is 11.5 Å². The van der Waals surface area contributed by atoms with Gasteiger partial charge in [0, 0.05) is 18.0 Å². The SMILES string of the molecule is CC(CCO)Nc1snc2ccccc12. The van der Waals surface area contributed by atoms with E-state index >= 15 is 0 Å². The maximum absolute atomic E-state index is 8.83. The fraction of sp³-hybridized carbons (Fsp3) is 0.364. The molecule has 0 radical (unpaired) electrons. The van der Waals surface area contributed by atoms with Crippen LogP contribution < -0.4 is 5.32 Å². The van der Waals surface area contributed by atoms with E-state index < -0.39 is 0 Å². The summed E-state index contributed by atoms with van der Waals surface area (Å²) in [6.45, 7) is 2.27. The Balaban J connectivity index is 2.21. The van der Waals surface area contributed by atoms with E-state index in [0.29, 0.717) is 0 Å². The van der Waals surface area contributed by atoms with Gasteiger partial charge >= 0.3 is 0 Å². The molecule has 1 aromatic heterocycles. The van der Waals surface area contributed by atoms with Crippen LogP contribution in [-0.4, -0.2) is 22.1 Å². The van der Waals surface area contributed by atoms with E-state index in [9.17, 15) is 0 Å². The van der Waals surface area contributed by atoms with Crippen molar-refractivity contribution in [3.63, 3.8) is 0 Å². The molecule has 0 saturated heterocycles. The van der Waals surface area contributed by atoms with Gasteiger partial charge in [0.25, 0.3) is 0 Å². The van der Waals surface area contributed by atoms with Gasteiger partial charge in [-0.25, -0.2) is 0 Å². The summed E-state index contributed by atoms with van der Waals surface area (Å²) in [5.41, 5.74) is 1.03. The number of aliphatic hydroxyl groups excluding tert-OH is 1. The molecule has 0 saturated carbocycles. The Labute approximate surface area is 92.9 Å². The van der Waals surface area contributed by atoms with Gasteiger partial charge < -0.3 is 10.4 Å². The molecule has 1 unspecified atom stereocenters. The molecule has 1 aromatic carbocycles. The second kappa shape index (κ2) is 4.59. The van der Waals surface area contributed by atoms with Gasteiger partial charge in [-0.3, -0.25) is 0 Å². The smallest absolute Gasteiger partial charge is 0.117 e. The van der Waals surface area contributed by atoms with Gasteiger partial charge in [0.1, 0.15) is 5.00 Å². The lowest BCUT2D eigenvalue weighted by atomic mass is 10.2. The maximum atomic E-state index is 8.83. The molecule has 4 heteroatoms. The summed E-state index contributed by atoms with van der Waals surface area (Å²) >= 11 is 1.47. The average Bonchev–Trinajstić information content (AvgIpc) is 2.62.